The number of oxime groups is 1. The SMILES string of the molecule is COc1cc(/C(N)=N/OCc2coc(-c3cccc(Cl)c3)n2)ccc1OC(F)F. The van der Waals surface area contributed by atoms with E-state index in [4.69, 9.17) is 31.3 Å². The first-order valence-electron chi connectivity index (χ1n) is 8.25. The molecule has 0 bridgehead atoms. The summed E-state index contributed by atoms with van der Waals surface area (Å²) < 4.78 is 39.6. The minimum absolute atomic E-state index is 0.00841. The van der Waals surface area contributed by atoms with Crippen molar-refractivity contribution in [2.75, 3.05) is 7.11 Å². The third-order valence-electron chi connectivity index (χ3n) is 3.67. The molecule has 152 valence electrons. The molecular weight excluding hydrogens is 408 g/mol. The molecular formula is C19H16ClF2N3O4. The van der Waals surface area contributed by atoms with Crippen LogP contribution >= 0.6 is 11.6 Å². The monoisotopic (exact) mass is 423 g/mol. The van der Waals surface area contributed by atoms with E-state index in [0.29, 0.717) is 22.2 Å². The third-order valence-corrected chi connectivity index (χ3v) is 3.91. The summed E-state index contributed by atoms with van der Waals surface area (Å²) in [6.07, 6.45) is 1.43. The first kappa shape index (κ1) is 20.4. The van der Waals surface area contributed by atoms with Crippen molar-refractivity contribution in [3.8, 4) is 23.0 Å². The maximum Gasteiger partial charge on any atom is 0.387 e. The molecule has 0 aliphatic heterocycles. The van der Waals surface area contributed by atoms with E-state index in [9.17, 15) is 8.78 Å². The van der Waals surface area contributed by atoms with Crippen molar-refractivity contribution < 1.29 is 27.5 Å². The van der Waals surface area contributed by atoms with Crippen molar-refractivity contribution in [2.45, 2.75) is 13.2 Å². The highest BCUT2D eigenvalue weighted by Crippen LogP contribution is 2.29. The second-order valence-electron chi connectivity index (χ2n) is 5.65. The summed E-state index contributed by atoms with van der Waals surface area (Å²) in [5.41, 5.74) is 7.50. The predicted molar refractivity (Wildman–Crippen MR) is 102 cm³/mol. The van der Waals surface area contributed by atoms with Crippen molar-refractivity contribution >= 4 is 17.4 Å². The van der Waals surface area contributed by atoms with Gasteiger partial charge in [-0.15, -0.1) is 0 Å². The number of oxazole rings is 1. The molecule has 0 aliphatic rings. The summed E-state index contributed by atoms with van der Waals surface area (Å²) in [6.45, 7) is -2.96. The molecule has 0 saturated heterocycles. The molecule has 7 nitrogen and oxygen atoms in total. The molecule has 3 aromatic rings. The molecule has 2 aromatic carbocycles. The third kappa shape index (κ3) is 5.35. The molecule has 3 rings (SSSR count). The van der Waals surface area contributed by atoms with Crippen molar-refractivity contribution in [2.24, 2.45) is 10.9 Å². The minimum atomic E-state index is -2.97. The first-order chi connectivity index (χ1) is 14.0. The van der Waals surface area contributed by atoms with Gasteiger partial charge in [0.05, 0.1) is 7.11 Å². The summed E-state index contributed by atoms with van der Waals surface area (Å²) in [5.74, 6) is 0.382. The highest BCUT2D eigenvalue weighted by molar-refractivity contribution is 6.30. The highest BCUT2D eigenvalue weighted by atomic mass is 35.5. The van der Waals surface area contributed by atoms with E-state index in [2.05, 4.69) is 14.9 Å². The lowest BCUT2D eigenvalue weighted by atomic mass is 10.2. The summed E-state index contributed by atoms with van der Waals surface area (Å²) in [7, 11) is 1.32. The number of aromatic nitrogens is 1. The topological polar surface area (TPSA) is 92.1 Å². The fourth-order valence-corrected chi connectivity index (χ4v) is 2.56. The fraction of sp³-hybridized carbons (Fsp3) is 0.158. The van der Waals surface area contributed by atoms with Crippen LogP contribution in [-0.4, -0.2) is 24.5 Å². The molecule has 0 unspecified atom stereocenters. The zero-order valence-electron chi connectivity index (χ0n) is 15.1. The lowest BCUT2D eigenvalue weighted by Crippen LogP contribution is -2.14. The van der Waals surface area contributed by atoms with Crippen LogP contribution in [0.2, 0.25) is 5.02 Å². The quantitative estimate of drug-likeness (QED) is 0.327. The zero-order chi connectivity index (χ0) is 20.8. The van der Waals surface area contributed by atoms with E-state index in [1.165, 1.54) is 31.6 Å². The Balaban J connectivity index is 1.65. The van der Waals surface area contributed by atoms with Gasteiger partial charge in [-0.05, 0) is 36.4 Å². The van der Waals surface area contributed by atoms with E-state index in [1.807, 2.05) is 6.07 Å². The van der Waals surface area contributed by atoms with Crippen molar-refractivity contribution in [1.82, 2.24) is 4.98 Å². The molecule has 0 radical (unpaired) electrons. The number of rotatable bonds is 8. The summed E-state index contributed by atoms with van der Waals surface area (Å²) in [5, 5.41) is 4.36. The van der Waals surface area contributed by atoms with Crippen molar-refractivity contribution in [3.63, 3.8) is 0 Å². The lowest BCUT2D eigenvalue weighted by Gasteiger charge is -2.11. The normalized spacial score (nSPS) is 11.6. The number of halogens is 3. The van der Waals surface area contributed by atoms with Crippen LogP contribution in [0.15, 0.2) is 58.3 Å². The van der Waals surface area contributed by atoms with Gasteiger partial charge in [0.15, 0.2) is 23.9 Å². The molecule has 2 N–H and O–H groups in total. The molecule has 10 heteroatoms. The van der Waals surface area contributed by atoms with Gasteiger partial charge in [0.1, 0.15) is 12.0 Å². The van der Waals surface area contributed by atoms with Gasteiger partial charge in [0.2, 0.25) is 5.89 Å². The van der Waals surface area contributed by atoms with Crippen LogP contribution in [0, 0.1) is 0 Å². The number of methoxy groups -OCH3 is 1. The average Bonchev–Trinajstić information content (AvgIpc) is 3.16. The maximum absolute atomic E-state index is 12.4. The number of hydrogen-bond donors (Lipinski definition) is 1. The Hall–Kier alpha value is -3.33. The van der Waals surface area contributed by atoms with Crippen LogP contribution in [0.1, 0.15) is 11.3 Å². The minimum Gasteiger partial charge on any atom is -0.493 e. The molecule has 0 spiro atoms. The van der Waals surface area contributed by atoms with E-state index < -0.39 is 6.61 Å². The number of amidine groups is 1. The second kappa shape index (κ2) is 9.24. The lowest BCUT2D eigenvalue weighted by molar-refractivity contribution is -0.0512. The van der Waals surface area contributed by atoms with E-state index in [0.717, 1.165) is 5.56 Å². The number of nitrogens with two attached hydrogens (primary N) is 1. The number of hydrogen-bond acceptors (Lipinski definition) is 6. The predicted octanol–water partition coefficient (Wildman–Crippen LogP) is 4.44. The standard InChI is InChI=1S/C19H16ClF2N3O4/c1-26-16-8-11(5-6-15(16)29-19(21)22)17(23)25-28-10-14-9-27-18(24-14)12-3-2-4-13(20)7-12/h2-9,19H,10H2,1H3,(H2,23,25). The van der Waals surface area contributed by atoms with Gasteiger partial charge >= 0.3 is 6.61 Å². The molecule has 0 amide bonds. The maximum atomic E-state index is 12.4. The van der Waals surface area contributed by atoms with Crippen LogP contribution in [-0.2, 0) is 11.4 Å². The Bertz CT molecular complexity index is 1010. The molecule has 1 heterocycles. The Labute approximate surface area is 169 Å². The molecule has 29 heavy (non-hydrogen) atoms. The smallest absolute Gasteiger partial charge is 0.387 e. The Morgan fingerprint density at radius 2 is 2.07 bits per heavy atom. The molecule has 0 atom stereocenters. The molecule has 1 aromatic heterocycles. The summed E-state index contributed by atoms with van der Waals surface area (Å²) >= 11 is 5.95. The van der Waals surface area contributed by atoms with Gasteiger partial charge in [-0.3, -0.25) is 0 Å². The Morgan fingerprint density at radius 3 is 2.79 bits per heavy atom. The van der Waals surface area contributed by atoms with E-state index in [-0.39, 0.29) is 23.9 Å². The van der Waals surface area contributed by atoms with Crippen LogP contribution < -0.4 is 15.2 Å². The van der Waals surface area contributed by atoms with Crippen LogP contribution in [0.3, 0.4) is 0 Å². The highest BCUT2D eigenvalue weighted by Gasteiger charge is 2.13. The van der Waals surface area contributed by atoms with Gasteiger partial charge in [0.25, 0.3) is 0 Å². The largest absolute Gasteiger partial charge is 0.493 e. The van der Waals surface area contributed by atoms with E-state index in [1.54, 1.807) is 18.2 Å². The fourth-order valence-electron chi connectivity index (χ4n) is 2.37. The van der Waals surface area contributed by atoms with E-state index >= 15 is 0 Å². The van der Waals surface area contributed by atoms with Gasteiger partial charge in [-0.2, -0.15) is 8.78 Å². The molecule has 0 saturated carbocycles. The van der Waals surface area contributed by atoms with Crippen molar-refractivity contribution in [3.05, 3.63) is 65.0 Å². The van der Waals surface area contributed by atoms with Gasteiger partial charge in [-0.1, -0.05) is 22.8 Å². The van der Waals surface area contributed by atoms with Crippen LogP contribution in [0.5, 0.6) is 11.5 Å². The zero-order valence-corrected chi connectivity index (χ0v) is 15.9. The number of nitrogens with zero attached hydrogens (tertiary/aromatic N) is 2. The van der Waals surface area contributed by atoms with Gasteiger partial charge in [-0.25, -0.2) is 4.98 Å². The molecule has 0 aliphatic carbocycles. The second-order valence-corrected chi connectivity index (χ2v) is 6.08. The molecule has 0 fully saturated rings. The number of alkyl halides is 2. The van der Waals surface area contributed by atoms with Crippen LogP contribution in [0.25, 0.3) is 11.5 Å². The van der Waals surface area contributed by atoms with Gasteiger partial charge < -0.3 is 24.5 Å². The van der Waals surface area contributed by atoms with Crippen molar-refractivity contribution in [1.29, 1.82) is 0 Å². The van der Waals surface area contributed by atoms with Crippen LogP contribution in [0.4, 0.5) is 8.78 Å². The number of benzene rings is 2. The Kier molecular flexibility index (Phi) is 6.50. The first-order valence-corrected chi connectivity index (χ1v) is 8.63. The average molecular weight is 424 g/mol. The Morgan fingerprint density at radius 1 is 1.24 bits per heavy atom. The van der Waals surface area contributed by atoms with Gasteiger partial charge in [0, 0.05) is 16.1 Å². The summed E-state index contributed by atoms with van der Waals surface area (Å²) in [6, 6.07) is 11.2. The summed E-state index contributed by atoms with van der Waals surface area (Å²) in [4.78, 5) is 9.49. The number of ether oxygens (including phenoxy) is 2.